The second-order valence-electron chi connectivity index (χ2n) is 6.58. The molecule has 1 fully saturated rings. The van der Waals surface area contributed by atoms with Crippen molar-refractivity contribution in [2.45, 2.75) is 33.2 Å². The van der Waals surface area contributed by atoms with E-state index in [1.54, 1.807) is 13.2 Å². The predicted octanol–water partition coefficient (Wildman–Crippen LogP) is 2.08. The Morgan fingerprint density at radius 2 is 2.27 bits per heavy atom. The molecule has 1 aliphatic heterocycles. The summed E-state index contributed by atoms with van der Waals surface area (Å²) in [4.78, 5) is 22.7. The summed E-state index contributed by atoms with van der Waals surface area (Å²) >= 11 is 0. The van der Waals surface area contributed by atoms with E-state index < -0.39 is 0 Å². The molecule has 0 saturated carbocycles. The number of pyridine rings is 1. The van der Waals surface area contributed by atoms with Crippen LogP contribution in [0.2, 0.25) is 0 Å². The lowest BCUT2D eigenvalue weighted by molar-refractivity contribution is -0.145. The van der Waals surface area contributed by atoms with Gasteiger partial charge in [-0.2, -0.15) is 0 Å². The van der Waals surface area contributed by atoms with Gasteiger partial charge in [0.25, 0.3) is 0 Å². The van der Waals surface area contributed by atoms with Gasteiger partial charge in [0.2, 0.25) is 5.88 Å². The van der Waals surface area contributed by atoms with Gasteiger partial charge in [-0.25, -0.2) is 4.98 Å². The maximum atomic E-state index is 11.9. The molecule has 0 aromatic carbocycles. The average molecular weight is 362 g/mol. The van der Waals surface area contributed by atoms with Crippen LogP contribution in [0.5, 0.6) is 5.88 Å². The zero-order chi connectivity index (χ0) is 18.9. The predicted molar refractivity (Wildman–Crippen MR) is 101 cm³/mol. The van der Waals surface area contributed by atoms with Crippen molar-refractivity contribution in [1.82, 2.24) is 15.2 Å². The Morgan fingerprint density at radius 3 is 2.96 bits per heavy atom. The Bertz CT molecular complexity index is 621. The Kier molecular flexibility index (Phi) is 7.69. The molecule has 2 rings (SSSR count). The molecule has 1 aromatic heterocycles. The van der Waals surface area contributed by atoms with Gasteiger partial charge in [-0.1, -0.05) is 26.3 Å². The van der Waals surface area contributed by atoms with Crippen LogP contribution in [0.1, 0.15) is 32.3 Å². The first-order chi connectivity index (χ1) is 12.6. The van der Waals surface area contributed by atoms with Crippen LogP contribution in [0, 0.1) is 11.8 Å². The number of likely N-dealkylation sites (tertiary alicyclic amines) is 1. The highest BCUT2D eigenvalue weighted by Gasteiger charge is 2.36. The van der Waals surface area contributed by atoms with E-state index in [4.69, 9.17) is 9.47 Å². The number of nitrogens with zero attached hydrogens (tertiary/aromatic N) is 3. The number of methoxy groups -OCH3 is 1. The minimum Gasteiger partial charge on any atom is -0.477 e. The zero-order valence-corrected chi connectivity index (χ0v) is 16.2. The topological polar surface area (TPSA) is 76.0 Å². The van der Waals surface area contributed by atoms with Crippen LogP contribution in [-0.4, -0.2) is 55.7 Å². The van der Waals surface area contributed by atoms with E-state index in [1.165, 1.54) is 7.11 Å². The SMILES string of the molecule is CCCCOc1ncccc1CNC(=NC)N1CC(C)C(C(=O)OC)C1. The van der Waals surface area contributed by atoms with Crippen molar-refractivity contribution in [1.29, 1.82) is 0 Å². The lowest BCUT2D eigenvalue weighted by Crippen LogP contribution is -2.40. The quantitative estimate of drug-likeness (QED) is 0.346. The summed E-state index contributed by atoms with van der Waals surface area (Å²) in [5.74, 6) is 1.38. The van der Waals surface area contributed by atoms with Crippen LogP contribution >= 0.6 is 0 Å². The first-order valence-electron chi connectivity index (χ1n) is 9.20. The van der Waals surface area contributed by atoms with Gasteiger partial charge in [0.05, 0.1) is 19.6 Å². The molecule has 0 radical (unpaired) electrons. The molecule has 1 aliphatic rings. The standard InChI is InChI=1S/C19H30N4O3/c1-5-6-10-26-17-15(8-7-9-21-17)11-22-19(20-3)23-12-14(2)16(13-23)18(24)25-4/h7-9,14,16H,5-6,10-13H2,1-4H3,(H,20,22). The van der Waals surface area contributed by atoms with Crippen molar-refractivity contribution >= 4 is 11.9 Å². The summed E-state index contributed by atoms with van der Waals surface area (Å²) in [6, 6.07) is 3.90. The van der Waals surface area contributed by atoms with E-state index in [-0.39, 0.29) is 17.8 Å². The molecule has 1 saturated heterocycles. The number of aliphatic imine (C=N–C) groups is 1. The molecule has 0 spiro atoms. The number of hydrogen-bond donors (Lipinski definition) is 1. The zero-order valence-electron chi connectivity index (χ0n) is 16.2. The molecule has 7 nitrogen and oxygen atoms in total. The molecule has 0 aliphatic carbocycles. The fraction of sp³-hybridized carbons (Fsp3) is 0.632. The van der Waals surface area contributed by atoms with Gasteiger partial charge in [-0.3, -0.25) is 9.79 Å². The fourth-order valence-electron chi connectivity index (χ4n) is 3.11. The summed E-state index contributed by atoms with van der Waals surface area (Å²) in [5.41, 5.74) is 0.988. The first kappa shape index (κ1) is 20.0. The van der Waals surface area contributed by atoms with E-state index in [0.29, 0.717) is 25.6 Å². The fourth-order valence-corrected chi connectivity index (χ4v) is 3.11. The highest BCUT2D eigenvalue weighted by atomic mass is 16.5. The van der Waals surface area contributed by atoms with Crippen molar-refractivity contribution in [2.24, 2.45) is 16.8 Å². The third kappa shape index (κ3) is 5.09. The van der Waals surface area contributed by atoms with Crippen LogP contribution in [0.4, 0.5) is 0 Å². The summed E-state index contributed by atoms with van der Waals surface area (Å²) < 4.78 is 10.7. The van der Waals surface area contributed by atoms with E-state index in [1.807, 2.05) is 12.1 Å². The van der Waals surface area contributed by atoms with Gasteiger partial charge in [0, 0.05) is 38.4 Å². The molecule has 0 amide bonds. The Labute approximate surface area is 155 Å². The molecular formula is C19H30N4O3. The third-order valence-electron chi connectivity index (χ3n) is 4.65. The lowest BCUT2D eigenvalue weighted by Gasteiger charge is -2.22. The Hall–Kier alpha value is -2.31. The van der Waals surface area contributed by atoms with Gasteiger partial charge in [-0.15, -0.1) is 0 Å². The maximum Gasteiger partial charge on any atom is 0.310 e. The van der Waals surface area contributed by atoms with Crippen LogP contribution in [0.15, 0.2) is 23.3 Å². The van der Waals surface area contributed by atoms with Gasteiger partial charge in [0.15, 0.2) is 5.96 Å². The van der Waals surface area contributed by atoms with Crippen molar-refractivity contribution < 1.29 is 14.3 Å². The summed E-state index contributed by atoms with van der Waals surface area (Å²) in [6.07, 6.45) is 3.83. The number of unbranched alkanes of at least 4 members (excludes halogenated alkanes) is 1. The lowest BCUT2D eigenvalue weighted by atomic mass is 9.99. The maximum absolute atomic E-state index is 11.9. The molecule has 2 unspecified atom stereocenters. The number of aromatic nitrogens is 1. The first-order valence-corrected chi connectivity index (χ1v) is 9.20. The number of esters is 1. The number of ether oxygens (including phenoxy) is 2. The van der Waals surface area contributed by atoms with Gasteiger partial charge in [0.1, 0.15) is 0 Å². The second-order valence-corrected chi connectivity index (χ2v) is 6.58. The summed E-state index contributed by atoms with van der Waals surface area (Å²) in [7, 11) is 3.19. The largest absolute Gasteiger partial charge is 0.477 e. The number of carbonyl (C=O) groups excluding carboxylic acids is 1. The molecule has 1 aromatic rings. The van der Waals surface area contributed by atoms with Crippen molar-refractivity contribution in [3.63, 3.8) is 0 Å². The molecule has 2 heterocycles. The Balaban J connectivity index is 1.97. The minimum absolute atomic E-state index is 0.120. The van der Waals surface area contributed by atoms with E-state index in [2.05, 4.69) is 34.0 Å². The van der Waals surface area contributed by atoms with Gasteiger partial charge >= 0.3 is 5.97 Å². The summed E-state index contributed by atoms with van der Waals surface area (Å²) in [6.45, 7) is 6.81. The summed E-state index contributed by atoms with van der Waals surface area (Å²) in [5, 5.41) is 3.36. The molecule has 1 N–H and O–H groups in total. The molecule has 26 heavy (non-hydrogen) atoms. The van der Waals surface area contributed by atoms with Gasteiger partial charge < -0.3 is 19.7 Å². The van der Waals surface area contributed by atoms with Crippen LogP contribution in [-0.2, 0) is 16.1 Å². The number of nitrogens with one attached hydrogen (secondary N) is 1. The number of guanidine groups is 1. The number of rotatable bonds is 7. The normalized spacial score (nSPS) is 20.2. The van der Waals surface area contributed by atoms with E-state index in [0.717, 1.165) is 30.9 Å². The average Bonchev–Trinajstić information content (AvgIpc) is 3.04. The highest BCUT2D eigenvalue weighted by molar-refractivity contribution is 5.82. The Morgan fingerprint density at radius 1 is 1.46 bits per heavy atom. The monoisotopic (exact) mass is 362 g/mol. The van der Waals surface area contributed by atoms with E-state index in [9.17, 15) is 4.79 Å². The number of hydrogen-bond acceptors (Lipinski definition) is 5. The minimum atomic E-state index is -0.158. The third-order valence-corrected chi connectivity index (χ3v) is 4.65. The van der Waals surface area contributed by atoms with Crippen molar-refractivity contribution in [3.05, 3.63) is 23.9 Å². The van der Waals surface area contributed by atoms with Crippen LogP contribution in [0.25, 0.3) is 0 Å². The smallest absolute Gasteiger partial charge is 0.310 e. The molecular weight excluding hydrogens is 332 g/mol. The van der Waals surface area contributed by atoms with Crippen molar-refractivity contribution in [2.75, 3.05) is 33.9 Å². The highest BCUT2D eigenvalue weighted by Crippen LogP contribution is 2.24. The van der Waals surface area contributed by atoms with Crippen molar-refractivity contribution in [3.8, 4) is 5.88 Å². The van der Waals surface area contributed by atoms with Gasteiger partial charge in [-0.05, 0) is 18.4 Å². The molecule has 7 heteroatoms. The number of carbonyl (C=O) groups is 1. The second kappa shape index (κ2) is 9.99. The molecule has 144 valence electrons. The molecule has 2 atom stereocenters. The van der Waals surface area contributed by atoms with E-state index >= 15 is 0 Å². The van der Waals surface area contributed by atoms with Crippen LogP contribution in [0.3, 0.4) is 0 Å². The van der Waals surface area contributed by atoms with Crippen LogP contribution < -0.4 is 10.1 Å². The molecule has 0 bridgehead atoms.